The van der Waals surface area contributed by atoms with Gasteiger partial charge in [-0.05, 0) is 36.3 Å². The van der Waals surface area contributed by atoms with E-state index in [4.69, 9.17) is 0 Å². The highest BCUT2D eigenvalue weighted by molar-refractivity contribution is 9.10. The molecule has 3 aromatic rings. The van der Waals surface area contributed by atoms with Crippen molar-refractivity contribution in [1.29, 1.82) is 0 Å². The quantitative estimate of drug-likeness (QED) is 0.295. The van der Waals surface area contributed by atoms with Crippen molar-refractivity contribution in [2.24, 2.45) is 5.92 Å². The molecule has 0 spiro atoms. The van der Waals surface area contributed by atoms with Crippen molar-refractivity contribution in [2.45, 2.75) is 25.4 Å². The first kappa shape index (κ1) is 27.3. The Labute approximate surface area is 230 Å². The maximum Gasteiger partial charge on any atom is 0.246 e. The van der Waals surface area contributed by atoms with Gasteiger partial charge in [-0.15, -0.1) is 0 Å². The van der Waals surface area contributed by atoms with Crippen molar-refractivity contribution in [3.8, 4) is 0 Å². The Morgan fingerprint density at radius 2 is 1.84 bits per heavy atom. The van der Waals surface area contributed by atoms with Crippen LogP contribution in [0.5, 0.6) is 0 Å². The van der Waals surface area contributed by atoms with E-state index in [1.54, 1.807) is 29.8 Å². The minimum absolute atomic E-state index is 0.0292. The molecule has 0 aliphatic carbocycles. The van der Waals surface area contributed by atoms with Crippen LogP contribution in [0.4, 0.5) is 0 Å². The summed E-state index contributed by atoms with van der Waals surface area (Å²) in [6.45, 7) is 4.40. The van der Waals surface area contributed by atoms with Crippen LogP contribution < -0.4 is 5.32 Å². The van der Waals surface area contributed by atoms with Crippen LogP contribution in [0.3, 0.4) is 0 Å². The van der Waals surface area contributed by atoms with Gasteiger partial charge in [0, 0.05) is 66.7 Å². The molecule has 0 saturated carbocycles. The Morgan fingerprint density at radius 1 is 1.13 bits per heavy atom. The first-order valence-corrected chi connectivity index (χ1v) is 13.2. The Kier molecular flexibility index (Phi) is 8.46. The number of halogens is 1. The number of nitrogens with one attached hydrogen (secondary N) is 1. The van der Waals surface area contributed by atoms with Crippen LogP contribution in [-0.2, 0) is 27.3 Å². The van der Waals surface area contributed by atoms with Crippen LogP contribution in [0, 0.1) is 5.92 Å². The minimum atomic E-state index is -0.506. The van der Waals surface area contributed by atoms with Gasteiger partial charge in [-0.1, -0.05) is 52.8 Å². The topological polar surface area (TPSA) is 91.7 Å². The zero-order chi connectivity index (χ0) is 27.4. The molecule has 0 radical (unpaired) electrons. The third kappa shape index (κ3) is 6.22. The lowest BCUT2D eigenvalue weighted by Crippen LogP contribution is -2.61. The summed E-state index contributed by atoms with van der Waals surface area (Å²) in [6.07, 6.45) is 3.48. The Morgan fingerprint density at radius 3 is 2.50 bits per heavy atom. The summed E-state index contributed by atoms with van der Waals surface area (Å²) in [4.78, 5) is 54.2. The average molecular weight is 579 g/mol. The first-order valence-electron chi connectivity index (χ1n) is 12.4. The molecule has 1 N–H and O–H groups in total. The molecule has 8 nitrogen and oxygen atoms in total. The van der Waals surface area contributed by atoms with Crippen LogP contribution in [0.2, 0.25) is 0 Å². The van der Waals surface area contributed by atoms with Crippen LogP contribution in [0.15, 0.2) is 71.9 Å². The predicted molar refractivity (Wildman–Crippen MR) is 150 cm³/mol. The van der Waals surface area contributed by atoms with E-state index >= 15 is 0 Å². The average Bonchev–Trinajstić information content (AvgIpc) is 3.22. The molecule has 1 fully saturated rings. The van der Waals surface area contributed by atoms with Gasteiger partial charge in [-0.25, -0.2) is 0 Å². The molecular weight excluding hydrogens is 548 g/mol. The third-order valence-electron chi connectivity index (χ3n) is 6.74. The third-order valence-corrected chi connectivity index (χ3v) is 7.23. The van der Waals surface area contributed by atoms with Crippen LogP contribution in [0.25, 0.3) is 10.9 Å². The van der Waals surface area contributed by atoms with Crippen molar-refractivity contribution in [3.63, 3.8) is 0 Å². The summed E-state index contributed by atoms with van der Waals surface area (Å²) in [7, 11) is 3.39. The number of Topliss-reactive ketones (excluding diaryl/α,β-unsaturated/α-hetero) is 1. The number of benzene rings is 2. The van der Waals surface area contributed by atoms with Gasteiger partial charge >= 0.3 is 0 Å². The maximum atomic E-state index is 13.6. The van der Waals surface area contributed by atoms with Crippen molar-refractivity contribution >= 4 is 50.3 Å². The molecule has 2 heterocycles. The van der Waals surface area contributed by atoms with E-state index < -0.39 is 5.92 Å². The summed E-state index contributed by atoms with van der Waals surface area (Å²) in [5, 5.41) is 3.66. The lowest BCUT2D eigenvalue weighted by Gasteiger charge is -2.38. The summed E-state index contributed by atoms with van der Waals surface area (Å²) < 4.78 is 2.57. The number of hydrogen-bond donors (Lipinski definition) is 1. The molecule has 1 aromatic heterocycles. The fraction of sp³-hybridized carbons (Fsp3) is 0.310. The van der Waals surface area contributed by atoms with E-state index in [1.807, 2.05) is 48.5 Å². The highest BCUT2D eigenvalue weighted by Gasteiger charge is 2.31. The second kappa shape index (κ2) is 11.8. The van der Waals surface area contributed by atoms with Gasteiger partial charge in [0.15, 0.2) is 5.78 Å². The zero-order valence-corrected chi connectivity index (χ0v) is 23.1. The zero-order valence-electron chi connectivity index (χ0n) is 21.5. The number of carbonyl (C=O) groups excluding carboxylic acids is 4. The molecule has 1 atom stereocenters. The molecule has 3 amide bonds. The summed E-state index contributed by atoms with van der Waals surface area (Å²) in [5.41, 5.74) is 2.22. The Hall–Kier alpha value is -3.72. The molecular formula is C29H31BrN4O4. The highest BCUT2D eigenvalue weighted by atomic mass is 79.9. The maximum absolute atomic E-state index is 13.6. The Balaban J connectivity index is 1.53. The van der Waals surface area contributed by atoms with Crippen molar-refractivity contribution < 1.29 is 19.2 Å². The van der Waals surface area contributed by atoms with Crippen LogP contribution in [-0.4, -0.2) is 71.1 Å². The van der Waals surface area contributed by atoms with E-state index in [9.17, 15) is 19.2 Å². The minimum Gasteiger partial charge on any atom is -0.349 e. The lowest BCUT2D eigenvalue weighted by atomic mass is 9.91. The second-order valence-corrected chi connectivity index (χ2v) is 10.7. The summed E-state index contributed by atoms with van der Waals surface area (Å²) >= 11 is 3.49. The predicted octanol–water partition coefficient (Wildman–Crippen LogP) is 3.44. The molecule has 1 aliphatic heterocycles. The fourth-order valence-corrected chi connectivity index (χ4v) is 5.13. The van der Waals surface area contributed by atoms with Crippen molar-refractivity contribution in [2.75, 3.05) is 27.2 Å². The lowest BCUT2D eigenvalue weighted by molar-refractivity contribution is -0.133. The smallest absolute Gasteiger partial charge is 0.246 e. The molecule has 1 saturated heterocycles. The van der Waals surface area contributed by atoms with Crippen LogP contribution in [0.1, 0.15) is 22.3 Å². The molecule has 1 aliphatic rings. The van der Waals surface area contributed by atoms with Crippen LogP contribution >= 0.6 is 15.9 Å². The number of ketones is 1. The number of amides is 3. The van der Waals surface area contributed by atoms with Gasteiger partial charge in [0.25, 0.3) is 0 Å². The Bertz CT molecular complexity index is 1380. The standard InChI is InChI=1S/C29H31BrN4O4/c1-4-28(37)34-15-22(16-34)31-27(36)18-33-17-24(23-14-21(30)10-11-25(23)33)26(35)13-20(29(38)32(2)3)12-19-8-6-5-7-9-19/h4-11,14,17,20,22H,1,12-13,15-16,18H2,2-3H3,(H,31,36). The van der Waals surface area contributed by atoms with Gasteiger partial charge < -0.3 is 19.7 Å². The van der Waals surface area contributed by atoms with E-state index in [0.717, 1.165) is 20.9 Å². The van der Waals surface area contributed by atoms with E-state index in [0.29, 0.717) is 25.1 Å². The number of aromatic nitrogens is 1. The number of fused-ring (bicyclic) bond motifs is 1. The van der Waals surface area contributed by atoms with Gasteiger partial charge in [0.2, 0.25) is 17.7 Å². The summed E-state index contributed by atoms with van der Waals surface area (Å²) in [6, 6.07) is 15.1. The van der Waals surface area contributed by atoms with Gasteiger partial charge in [0.05, 0.1) is 6.04 Å². The summed E-state index contributed by atoms with van der Waals surface area (Å²) in [5.74, 6) is -1.12. The number of rotatable bonds is 10. The molecule has 4 rings (SSSR count). The van der Waals surface area contributed by atoms with Gasteiger partial charge in [-0.3, -0.25) is 19.2 Å². The highest BCUT2D eigenvalue weighted by Crippen LogP contribution is 2.28. The van der Waals surface area contributed by atoms with E-state index in [-0.39, 0.29) is 42.5 Å². The molecule has 9 heteroatoms. The van der Waals surface area contributed by atoms with Gasteiger partial charge in [-0.2, -0.15) is 0 Å². The number of carbonyl (C=O) groups is 4. The number of likely N-dealkylation sites (tertiary alicyclic amines) is 1. The molecule has 2 aromatic carbocycles. The number of hydrogen-bond acceptors (Lipinski definition) is 4. The normalized spacial score (nSPS) is 14.0. The molecule has 0 bridgehead atoms. The van der Waals surface area contributed by atoms with E-state index in [1.165, 1.54) is 11.0 Å². The molecule has 1 unspecified atom stereocenters. The first-order chi connectivity index (χ1) is 18.2. The number of nitrogens with zero attached hydrogens (tertiary/aromatic N) is 3. The van der Waals surface area contributed by atoms with Gasteiger partial charge in [0.1, 0.15) is 6.54 Å². The van der Waals surface area contributed by atoms with Crippen molar-refractivity contribution in [3.05, 3.63) is 83.0 Å². The van der Waals surface area contributed by atoms with E-state index in [2.05, 4.69) is 27.8 Å². The molecule has 198 valence electrons. The largest absolute Gasteiger partial charge is 0.349 e. The SMILES string of the molecule is C=CC(=O)N1CC(NC(=O)Cn2cc(C(=O)CC(Cc3ccccc3)C(=O)N(C)C)c3cc(Br)ccc32)C1. The van der Waals surface area contributed by atoms with Crippen molar-refractivity contribution in [1.82, 2.24) is 19.7 Å². The monoisotopic (exact) mass is 578 g/mol. The second-order valence-electron chi connectivity index (χ2n) is 9.79. The fourth-order valence-electron chi connectivity index (χ4n) is 4.77. The molecule has 38 heavy (non-hydrogen) atoms.